The highest BCUT2D eigenvalue weighted by Crippen LogP contribution is 2.38. The molecule has 4 nitrogen and oxygen atoms in total. The van der Waals surface area contributed by atoms with Gasteiger partial charge in [-0.1, -0.05) is 48.4 Å². The molecule has 0 bridgehead atoms. The first-order chi connectivity index (χ1) is 12.9. The molecule has 130 valence electrons. The number of para-hydroxylation sites is 1. The molecule has 0 spiro atoms. The van der Waals surface area contributed by atoms with Crippen LogP contribution in [-0.4, -0.2) is 29.2 Å². The molecule has 1 aromatic heterocycles. The molecule has 1 unspecified atom stereocenters. The Balaban J connectivity index is 1.88. The van der Waals surface area contributed by atoms with Crippen molar-refractivity contribution >= 4 is 0 Å². The van der Waals surface area contributed by atoms with Crippen molar-refractivity contribution in [2.24, 2.45) is 0 Å². The van der Waals surface area contributed by atoms with Crippen molar-refractivity contribution < 1.29 is 4.74 Å². The van der Waals surface area contributed by atoms with Crippen LogP contribution in [0.4, 0.5) is 0 Å². The highest BCUT2D eigenvalue weighted by Gasteiger charge is 2.24. The smallest absolute Gasteiger partial charge is 0.148 e. The Hall–Kier alpha value is -3.03. The fraction of sp³-hybridized carbons (Fsp3) is 0.227. The third-order valence-corrected chi connectivity index (χ3v) is 4.72. The molecule has 0 amide bonds. The summed E-state index contributed by atoms with van der Waals surface area (Å²) in [7, 11) is 0. The van der Waals surface area contributed by atoms with Crippen molar-refractivity contribution in [3.63, 3.8) is 0 Å². The van der Waals surface area contributed by atoms with E-state index in [9.17, 15) is 0 Å². The molecule has 1 fully saturated rings. The van der Waals surface area contributed by atoms with Crippen LogP contribution in [0.3, 0.4) is 0 Å². The number of terminal acetylenes is 1. The summed E-state index contributed by atoms with van der Waals surface area (Å²) in [5.41, 5.74) is 4.16. The molecular weight excluding hydrogens is 322 g/mol. The SMILES string of the molecule is C#CCOc1ccccc1-c1c(-c2ccccc2)ncn1C1CCNC1. The second kappa shape index (κ2) is 7.47. The topological polar surface area (TPSA) is 39.1 Å². The lowest BCUT2D eigenvalue weighted by atomic mass is 10.0. The number of imidazole rings is 1. The first-order valence-corrected chi connectivity index (χ1v) is 8.87. The van der Waals surface area contributed by atoms with Crippen LogP contribution in [0.5, 0.6) is 5.75 Å². The summed E-state index contributed by atoms with van der Waals surface area (Å²) < 4.78 is 8.10. The standard InChI is InChI=1S/C22H21N3O/c1-2-14-26-20-11-7-6-10-19(20)22-21(17-8-4-3-5-9-17)24-16-25(22)18-12-13-23-15-18/h1,3-11,16,18,23H,12-15H2. The van der Waals surface area contributed by atoms with Crippen molar-refractivity contribution in [2.45, 2.75) is 12.5 Å². The van der Waals surface area contributed by atoms with Crippen LogP contribution in [0, 0.1) is 12.3 Å². The number of nitrogens with one attached hydrogen (secondary N) is 1. The van der Waals surface area contributed by atoms with Crippen molar-refractivity contribution in [1.82, 2.24) is 14.9 Å². The van der Waals surface area contributed by atoms with Crippen molar-refractivity contribution in [3.05, 3.63) is 60.9 Å². The Bertz CT molecular complexity index is 918. The largest absolute Gasteiger partial charge is 0.480 e. The van der Waals surface area contributed by atoms with Gasteiger partial charge in [0.25, 0.3) is 0 Å². The Kier molecular flexibility index (Phi) is 4.72. The molecule has 4 rings (SSSR count). The molecule has 1 aliphatic rings. The second-order valence-corrected chi connectivity index (χ2v) is 6.35. The summed E-state index contributed by atoms with van der Waals surface area (Å²) in [6.07, 6.45) is 8.43. The van der Waals surface area contributed by atoms with Gasteiger partial charge in [0, 0.05) is 23.7 Å². The Morgan fingerprint density at radius 2 is 1.96 bits per heavy atom. The highest BCUT2D eigenvalue weighted by molar-refractivity contribution is 5.81. The molecule has 0 radical (unpaired) electrons. The molecule has 3 aromatic rings. The molecule has 2 heterocycles. The zero-order valence-electron chi connectivity index (χ0n) is 14.6. The molecule has 1 N–H and O–H groups in total. The summed E-state index contributed by atoms with van der Waals surface area (Å²) in [5.74, 6) is 3.34. The van der Waals surface area contributed by atoms with E-state index in [0.717, 1.165) is 47.8 Å². The van der Waals surface area contributed by atoms with Crippen LogP contribution in [0.1, 0.15) is 12.5 Å². The van der Waals surface area contributed by atoms with Gasteiger partial charge in [-0.2, -0.15) is 0 Å². The maximum atomic E-state index is 5.83. The van der Waals surface area contributed by atoms with E-state index < -0.39 is 0 Å². The lowest BCUT2D eigenvalue weighted by Gasteiger charge is -2.18. The van der Waals surface area contributed by atoms with E-state index in [1.54, 1.807) is 0 Å². The normalized spacial score (nSPS) is 16.3. The number of aromatic nitrogens is 2. The number of nitrogens with zero attached hydrogens (tertiary/aromatic N) is 2. The first kappa shape index (κ1) is 16.4. The van der Waals surface area contributed by atoms with E-state index in [-0.39, 0.29) is 6.61 Å². The minimum Gasteiger partial charge on any atom is -0.480 e. The maximum Gasteiger partial charge on any atom is 0.148 e. The lowest BCUT2D eigenvalue weighted by molar-refractivity contribution is 0.371. The summed E-state index contributed by atoms with van der Waals surface area (Å²) in [4.78, 5) is 4.77. The number of hydrogen-bond donors (Lipinski definition) is 1. The quantitative estimate of drug-likeness (QED) is 0.717. The third-order valence-electron chi connectivity index (χ3n) is 4.72. The van der Waals surface area contributed by atoms with Gasteiger partial charge in [0.15, 0.2) is 0 Å². The summed E-state index contributed by atoms with van der Waals surface area (Å²) in [6.45, 7) is 2.22. The third kappa shape index (κ3) is 3.10. The Morgan fingerprint density at radius 3 is 2.73 bits per heavy atom. The Labute approximate surface area is 153 Å². The van der Waals surface area contributed by atoms with Gasteiger partial charge in [-0.3, -0.25) is 0 Å². The molecule has 0 aliphatic carbocycles. The average Bonchev–Trinajstić information content (AvgIpc) is 3.36. The van der Waals surface area contributed by atoms with E-state index in [0.29, 0.717) is 6.04 Å². The molecule has 1 saturated heterocycles. The van der Waals surface area contributed by atoms with Crippen molar-refractivity contribution in [2.75, 3.05) is 19.7 Å². The fourth-order valence-electron chi connectivity index (χ4n) is 3.50. The zero-order valence-corrected chi connectivity index (χ0v) is 14.6. The van der Waals surface area contributed by atoms with Crippen LogP contribution in [-0.2, 0) is 0 Å². The molecule has 26 heavy (non-hydrogen) atoms. The average molecular weight is 343 g/mol. The van der Waals surface area contributed by atoms with Gasteiger partial charge in [-0.05, 0) is 25.1 Å². The van der Waals surface area contributed by atoms with E-state index in [4.69, 9.17) is 16.1 Å². The minimum absolute atomic E-state index is 0.247. The molecule has 1 atom stereocenters. The predicted molar refractivity (Wildman–Crippen MR) is 104 cm³/mol. The predicted octanol–water partition coefficient (Wildman–Crippen LogP) is 3.76. The van der Waals surface area contributed by atoms with Crippen molar-refractivity contribution in [1.29, 1.82) is 0 Å². The Morgan fingerprint density at radius 1 is 1.15 bits per heavy atom. The number of rotatable bonds is 5. The number of hydrogen-bond acceptors (Lipinski definition) is 3. The van der Waals surface area contributed by atoms with Gasteiger partial charge < -0.3 is 14.6 Å². The van der Waals surface area contributed by atoms with Crippen LogP contribution >= 0.6 is 0 Å². The number of ether oxygens (including phenoxy) is 1. The van der Waals surface area contributed by atoms with Crippen LogP contribution in [0.15, 0.2) is 60.9 Å². The summed E-state index contributed by atoms with van der Waals surface area (Å²) >= 11 is 0. The van der Waals surface area contributed by atoms with Crippen LogP contribution < -0.4 is 10.1 Å². The summed E-state index contributed by atoms with van der Waals surface area (Å²) in [5, 5.41) is 3.44. The minimum atomic E-state index is 0.247. The van der Waals surface area contributed by atoms with E-state index in [1.807, 2.05) is 42.7 Å². The molecule has 4 heteroatoms. The van der Waals surface area contributed by atoms with E-state index in [1.165, 1.54) is 0 Å². The van der Waals surface area contributed by atoms with E-state index >= 15 is 0 Å². The molecular formula is C22H21N3O. The van der Waals surface area contributed by atoms with Gasteiger partial charge in [0.2, 0.25) is 0 Å². The maximum absolute atomic E-state index is 5.83. The molecule has 2 aromatic carbocycles. The highest BCUT2D eigenvalue weighted by atomic mass is 16.5. The van der Waals surface area contributed by atoms with Gasteiger partial charge in [0.1, 0.15) is 12.4 Å². The molecule has 1 aliphatic heterocycles. The van der Waals surface area contributed by atoms with E-state index in [2.05, 4.69) is 34.0 Å². The first-order valence-electron chi connectivity index (χ1n) is 8.87. The van der Waals surface area contributed by atoms with Crippen molar-refractivity contribution in [3.8, 4) is 40.6 Å². The monoisotopic (exact) mass is 343 g/mol. The lowest BCUT2D eigenvalue weighted by Crippen LogP contribution is -2.14. The van der Waals surface area contributed by atoms with Crippen LogP contribution in [0.2, 0.25) is 0 Å². The zero-order chi connectivity index (χ0) is 17.8. The summed E-state index contributed by atoms with van der Waals surface area (Å²) in [6, 6.07) is 18.7. The van der Waals surface area contributed by atoms with Gasteiger partial charge >= 0.3 is 0 Å². The van der Waals surface area contributed by atoms with Gasteiger partial charge in [-0.25, -0.2) is 4.98 Å². The fourth-order valence-corrected chi connectivity index (χ4v) is 3.50. The van der Waals surface area contributed by atoms with Crippen LogP contribution in [0.25, 0.3) is 22.5 Å². The van der Waals surface area contributed by atoms with Gasteiger partial charge in [0.05, 0.1) is 17.7 Å². The second-order valence-electron chi connectivity index (χ2n) is 6.35. The number of benzene rings is 2. The molecule has 0 saturated carbocycles. The van der Waals surface area contributed by atoms with Gasteiger partial charge in [-0.15, -0.1) is 6.42 Å².